The Hall–Kier alpha value is -2.87. The summed E-state index contributed by atoms with van der Waals surface area (Å²) in [6.45, 7) is 0.0966. The maximum Gasteiger partial charge on any atom is 0.326 e. The normalized spacial score (nSPS) is 16.6. The van der Waals surface area contributed by atoms with Gasteiger partial charge in [0.05, 0.1) is 4.90 Å². The fourth-order valence-electron chi connectivity index (χ4n) is 3.51. The molecule has 1 aliphatic rings. The van der Waals surface area contributed by atoms with E-state index in [9.17, 15) is 18.3 Å². The SMILES string of the molecule is O=C(O)[C@H]1c2ccccc2CCN1S(=O)(=O)c1ccc(Oc2ccc(Cl)cc2)cc1. The van der Waals surface area contributed by atoms with Crippen LogP contribution in [-0.2, 0) is 21.2 Å². The van der Waals surface area contributed by atoms with Gasteiger partial charge in [-0.05, 0) is 66.1 Å². The average molecular weight is 444 g/mol. The van der Waals surface area contributed by atoms with Crippen molar-refractivity contribution in [2.24, 2.45) is 0 Å². The minimum atomic E-state index is -4.01. The number of ether oxygens (including phenoxy) is 1. The lowest BCUT2D eigenvalue weighted by molar-refractivity contribution is -0.142. The summed E-state index contributed by atoms with van der Waals surface area (Å²) in [5, 5.41) is 10.3. The molecule has 154 valence electrons. The molecule has 0 unspecified atom stereocenters. The zero-order valence-corrected chi connectivity index (χ0v) is 17.3. The summed E-state index contributed by atoms with van der Waals surface area (Å²) in [5.74, 6) is -0.183. The van der Waals surface area contributed by atoms with E-state index in [2.05, 4.69) is 0 Å². The molecule has 0 bridgehead atoms. The molecule has 0 saturated heterocycles. The summed E-state index contributed by atoms with van der Waals surface area (Å²) < 4.78 is 33.2. The van der Waals surface area contributed by atoms with Gasteiger partial charge in [-0.3, -0.25) is 4.79 Å². The minimum Gasteiger partial charge on any atom is -0.480 e. The molecule has 1 atom stereocenters. The molecule has 4 rings (SSSR count). The van der Waals surface area contributed by atoms with Crippen molar-refractivity contribution in [3.8, 4) is 11.5 Å². The molecule has 3 aromatic carbocycles. The number of hydrogen-bond acceptors (Lipinski definition) is 4. The molecule has 30 heavy (non-hydrogen) atoms. The van der Waals surface area contributed by atoms with Crippen LogP contribution in [-0.4, -0.2) is 30.3 Å². The van der Waals surface area contributed by atoms with Crippen molar-refractivity contribution < 1.29 is 23.1 Å². The third-order valence-corrected chi connectivity index (χ3v) is 7.08. The number of benzene rings is 3. The number of nitrogens with zero attached hydrogens (tertiary/aromatic N) is 1. The Morgan fingerprint density at radius 3 is 2.20 bits per heavy atom. The van der Waals surface area contributed by atoms with E-state index in [-0.39, 0.29) is 11.4 Å². The number of carbonyl (C=O) groups is 1. The standard InChI is InChI=1S/C22H18ClNO5S/c23-16-5-7-17(8-6-16)29-18-9-11-19(12-10-18)30(27,28)24-14-13-15-3-1-2-4-20(15)21(24)22(25)26/h1-12,21H,13-14H2,(H,25,26)/t21-/m1/s1. The average Bonchev–Trinajstić information content (AvgIpc) is 2.74. The molecule has 1 N–H and O–H groups in total. The molecule has 8 heteroatoms. The van der Waals surface area contributed by atoms with Gasteiger partial charge in [0, 0.05) is 11.6 Å². The number of hydrogen-bond donors (Lipinski definition) is 1. The molecule has 6 nitrogen and oxygen atoms in total. The molecular weight excluding hydrogens is 426 g/mol. The number of halogens is 1. The highest BCUT2D eigenvalue weighted by Crippen LogP contribution is 2.35. The molecule has 0 aromatic heterocycles. The molecule has 0 aliphatic carbocycles. The van der Waals surface area contributed by atoms with E-state index in [4.69, 9.17) is 16.3 Å². The second-order valence-electron chi connectivity index (χ2n) is 6.83. The molecule has 0 saturated carbocycles. The van der Waals surface area contributed by atoms with Crippen molar-refractivity contribution in [2.75, 3.05) is 6.54 Å². The number of aliphatic carboxylic acids is 1. The van der Waals surface area contributed by atoms with E-state index >= 15 is 0 Å². The Morgan fingerprint density at radius 1 is 0.967 bits per heavy atom. The summed E-state index contributed by atoms with van der Waals surface area (Å²) in [5.41, 5.74) is 1.35. The van der Waals surface area contributed by atoms with Crippen LogP contribution in [0, 0.1) is 0 Å². The van der Waals surface area contributed by atoms with Gasteiger partial charge in [-0.1, -0.05) is 35.9 Å². The zero-order chi connectivity index (χ0) is 21.3. The molecular formula is C22H18ClNO5S. The Balaban J connectivity index is 1.61. The summed E-state index contributed by atoms with van der Waals surface area (Å²) in [4.78, 5) is 12.0. The third-order valence-electron chi connectivity index (χ3n) is 4.95. The van der Waals surface area contributed by atoms with Crippen LogP contribution in [0.5, 0.6) is 11.5 Å². The summed E-state index contributed by atoms with van der Waals surface area (Å²) in [7, 11) is -4.01. The van der Waals surface area contributed by atoms with Crippen molar-refractivity contribution in [3.63, 3.8) is 0 Å². The highest BCUT2D eigenvalue weighted by molar-refractivity contribution is 7.89. The number of rotatable bonds is 5. The first-order valence-corrected chi connectivity index (χ1v) is 11.0. The van der Waals surface area contributed by atoms with E-state index in [0.717, 1.165) is 9.87 Å². The van der Waals surface area contributed by atoms with Gasteiger partial charge in [0.25, 0.3) is 0 Å². The predicted octanol–water partition coefficient (Wildman–Crippen LogP) is 4.51. The minimum absolute atomic E-state index is 0.0107. The van der Waals surface area contributed by atoms with E-state index in [1.54, 1.807) is 36.4 Å². The van der Waals surface area contributed by atoms with Crippen LogP contribution in [0.25, 0.3) is 0 Å². The van der Waals surface area contributed by atoms with Crippen LogP contribution in [0.3, 0.4) is 0 Å². The first kappa shape index (κ1) is 20.4. The number of carboxylic acids is 1. The molecule has 0 fully saturated rings. The largest absolute Gasteiger partial charge is 0.480 e. The summed E-state index contributed by atoms with van der Waals surface area (Å²) in [6, 6.07) is 18.5. The van der Waals surface area contributed by atoms with Gasteiger partial charge in [0.1, 0.15) is 17.5 Å². The smallest absolute Gasteiger partial charge is 0.326 e. The van der Waals surface area contributed by atoms with E-state index < -0.39 is 22.0 Å². The zero-order valence-electron chi connectivity index (χ0n) is 15.7. The van der Waals surface area contributed by atoms with Gasteiger partial charge in [0.2, 0.25) is 10.0 Å². The first-order valence-electron chi connectivity index (χ1n) is 9.22. The van der Waals surface area contributed by atoms with Crippen LogP contribution in [0.15, 0.2) is 77.7 Å². The highest BCUT2D eigenvalue weighted by Gasteiger charge is 2.40. The lowest BCUT2D eigenvalue weighted by Gasteiger charge is -2.33. The summed E-state index contributed by atoms with van der Waals surface area (Å²) in [6.07, 6.45) is 0.455. The fourth-order valence-corrected chi connectivity index (χ4v) is 5.20. The van der Waals surface area contributed by atoms with Crippen molar-refractivity contribution in [2.45, 2.75) is 17.4 Å². The van der Waals surface area contributed by atoms with Crippen LogP contribution in [0.1, 0.15) is 17.2 Å². The number of sulfonamides is 1. The third kappa shape index (κ3) is 3.92. The Labute approximate surface area is 179 Å². The second kappa shape index (κ2) is 8.10. The van der Waals surface area contributed by atoms with E-state index in [1.165, 1.54) is 24.3 Å². The van der Waals surface area contributed by atoms with Gasteiger partial charge in [0.15, 0.2) is 0 Å². The highest BCUT2D eigenvalue weighted by atomic mass is 35.5. The van der Waals surface area contributed by atoms with E-state index in [0.29, 0.717) is 28.5 Å². The first-order chi connectivity index (χ1) is 14.4. The molecule has 0 amide bonds. The van der Waals surface area contributed by atoms with Gasteiger partial charge in [-0.2, -0.15) is 4.31 Å². The number of fused-ring (bicyclic) bond motifs is 1. The van der Waals surface area contributed by atoms with Crippen molar-refractivity contribution >= 4 is 27.6 Å². The van der Waals surface area contributed by atoms with Crippen LogP contribution >= 0.6 is 11.6 Å². The molecule has 0 radical (unpaired) electrons. The second-order valence-corrected chi connectivity index (χ2v) is 9.16. The lowest BCUT2D eigenvalue weighted by Crippen LogP contribution is -2.43. The maximum atomic E-state index is 13.2. The quantitative estimate of drug-likeness (QED) is 0.627. The Kier molecular flexibility index (Phi) is 5.51. The Bertz CT molecular complexity index is 1180. The maximum absolute atomic E-state index is 13.2. The predicted molar refractivity (Wildman–Crippen MR) is 112 cm³/mol. The van der Waals surface area contributed by atoms with Crippen LogP contribution in [0.2, 0.25) is 5.02 Å². The van der Waals surface area contributed by atoms with E-state index in [1.807, 2.05) is 12.1 Å². The van der Waals surface area contributed by atoms with Crippen molar-refractivity contribution in [1.82, 2.24) is 4.31 Å². The van der Waals surface area contributed by atoms with Crippen molar-refractivity contribution in [3.05, 3.63) is 88.9 Å². The van der Waals surface area contributed by atoms with Crippen LogP contribution < -0.4 is 4.74 Å². The van der Waals surface area contributed by atoms with Gasteiger partial charge in [-0.15, -0.1) is 0 Å². The Morgan fingerprint density at radius 2 is 1.57 bits per heavy atom. The lowest BCUT2D eigenvalue weighted by atomic mass is 9.94. The van der Waals surface area contributed by atoms with Crippen molar-refractivity contribution in [1.29, 1.82) is 0 Å². The fraction of sp³-hybridized carbons (Fsp3) is 0.136. The van der Waals surface area contributed by atoms with Gasteiger partial charge in [-0.25, -0.2) is 8.42 Å². The topological polar surface area (TPSA) is 83.9 Å². The summed E-state index contributed by atoms with van der Waals surface area (Å²) >= 11 is 5.86. The van der Waals surface area contributed by atoms with Gasteiger partial charge < -0.3 is 9.84 Å². The molecule has 3 aromatic rings. The number of carboxylic acid groups (broad SMARTS) is 1. The monoisotopic (exact) mass is 443 g/mol. The van der Waals surface area contributed by atoms with Crippen LogP contribution in [0.4, 0.5) is 0 Å². The molecule has 1 heterocycles. The van der Waals surface area contributed by atoms with Gasteiger partial charge >= 0.3 is 5.97 Å². The molecule has 1 aliphatic heterocycles. The molecule has 0 spiro atoms.